The first-order chi connectivity index (χ1) is 9.97. The largest absolute Gasteiger partial charge is 0.461 e. The maximum atomic E-state index is 5.68. The number of rotatable bonds is 6. The summed E-state index contributed by atoms with van der Waals surface area (Å²) in [6.07, 6.45) is 2.85. The number of nitrogen functional groups attached to an aromatic ring is 1. The third-order valence-corrected chi connectivity index (χ3v) is 3.93. The molecule has 0 bridgehead atoms. The van der Waals surface area contributed by atoms with E-state index < -0.39 is 0 Å². The number of aryl methyl sites for hydroxylation is 1. The smallest absolute Gasteiger partial charge is 0.323 e. The van der Waals surface area contributed by atoms with Crippen molar-refractivity contribution in [3.63, 3.8) is 0 Å². The summed E-state index contributed by atoms with van der Waals surface area (Å²) in [6, 6.07) is 0.213. The van der Waals surface area contributed by atoms with Crippen LogP contribution >= 0.6 is 11.3 Å². The van der Waals surface area contributed by atoms with E-state index in [0.29, 0.717) is 5.95 Å². The van der Waals surface area contributed by atoms with E-state index in [9.17, 15) is 0 Å². The Hall–Kier alpha value is -1.96. The highest BCUT2D eigenvalue weighted by atomic mass is 32.1. The fraction of sp³-hybridized carbons (Fsp3) is 0.538. The lowest BCUT2D eigenvalue weighted by Gasteiger charge is -2.13. The molecule has 2 aromatic rings. The fourth-order valence-corrected chi connectivity index (χ4v) is 2.50. The summed E-state index contributed by atoms with van der Waals surface area (Å²) in [6.45, 7) is 7.91. The highest BCUT2D eigenvalue weighted by Gasteiger charge is 2.13. The van der Waals surface area contributed by atoms with Crippen LogP contribution in [0.3, 0.4) is 0 Å². The second-order valence-corrected chi connectivity index (χ2v) is 6.00. The number of anilines is 2. The molecule has 2 heterocycles. The van der Waals surface area contributed by atoms with Crippen LogP contribution in [0, 0.1) is 0 Å². The van der Waals surface area contributed by atoms with E-state index in [4.69, 9.17) is 10.5 Å². The van der Waals surface area contributed by atoms with Gasteiger partial charge < -0.3 is 15.8 Å². The third kappa shape index (κ3) is 4.25. The number of nitrogens with zero attached hydrogens (tertiary/aromatic N) is 4. The molecule has 7 nitrogen and oxygen atoms in total. The van der Waals surface area contributed by atoms with Crippen molar-refractivity contribution in [1.82, 2.24) is 19.9 Å². The van der Waals surface area contributed by atoms with Crippen LogP contribution in [0.5, 0.6) is 6.01 Å². The molecule has 2 rings (SSSR count). The Morgan fingerprint density at radius 3 is 2.67 bits per heavy atom. The van der Waals surface area contributed by atoms with Gasteiger partial charge in [0.05, 0.1) is 12.1 Å². The maximum Gasteiger partial charge on any atom is 0.323 e. The molecule has 0 aliphatic carbocycles. The molecule has 0 spiro atoms. The first kappa shape index (κ1) is 15.4. The normalized spacial score (nSPS) is 12.4. The monoisotopic (exact) mass is 308 g/mol. The summed E-state index contributed by atoms with van der Waals surface area (Å²) in [5.41, 5.74) is 5.68. The van der Waals surface area contributed by atoms with Crippen molar-refractivity contribution in [3.8, 4) is 6.01 Å². The van der Waals surface area contributed by atoms with Crippen molar-refractivity contribution in [2.75, 3.05) is 11.1 Å². The Morgan fingerprint density at radius 2 is 2.05 bits per heavy atom. The molecule has 0 aromatic carbocycles. The Kier molecular flexibility index (Phi) is 4.89. The molecule has 0 radical (unpaired) electrons. The Morgan fingerprint density at radius 1 is 1.29 bits per heavy atom. The van der Waals surface area contributed by atoms with Gasteiger partial charge in [-0.3, -0.25) is 0 Å². The predicted octanol–water partition coefficient (Wildman–Crippen LogP) is 2.43. The van der Waals surface area contributed by atoms with E-state index in [1.54, 1.807) is 11.3 Å². The number of nitrogens with two attached hydrogens (primary N) is 1. The van der Waals surface area contributed by atoms with Gasteiger partial charge >= 0.3 is 6.01 Å². The quantitative estimate of drug-likeness (QED) is 0.845. The lowest BCUT2D eigenvalue weighted by Crippen LogP contribution is -2.14. The molecular weight excluding hydrogens is 288 g/mol. The number of hydrogen-bond acceptors (Lipinski definition) is 8. The molecule has 3 N–H and O–H groups in total. The number of aromatic nitrogens is 4. The van der Waals surface area contributed by atoms with E-state index in [2.05, 4.69) is 32.2 Å². The maximum absolute atomic E-state index is 5.68. The SMILES string of the molecule is CCc1cnc(C(C)Nc2nc(N)nc(OC(C)C)n2)s1. The molecule has 1 unspecified atom stereocenters. The van der Waals surface area contributed by atoms with Crippen LogP contribution in [0.4, 0.5) is 11.9 Å². The first-order valence-electron chi connectivity index (χ1n) is 6.87. The van der Waals surface area contributed by atoms with Gasteiger partial charge in [0.15, 0.2) is 0 Å². The Labute approximate surface area is 128 Å². The molecule has 114 valence electrons. The highest BCUT2D eigenvalue weighted by Crippen LogP contribution is 2.23. The van der Waals surface area contributed by atoms with Gasteiger partial charge in [0.1, 0.15) is 5.01 Å². The van der Waals surface area contributed by atoms with Crippen molar-refractivity contribution < 1.29 is 4.74 Å². The lowest BCUT2D eigenvalue weighted by atomic mass is 10.3. The van der Waals surface area contributed by atoms with Gasteiger partial charge in [-0.25, -0.2) is 4.98 Å². The molecular formula is C13H20N6OS. The summed E-state index contributed by atoms with van der Waals surface area (Å²) in [5, 5.41) is 4.16. The zero-order chi connectivity index (χ0) is 15.4. The van der Waals surface area contributed by atoms with Gasteiger partial charge in [-0.15, -0.1) is 11.3 Å². The summed E-state index contributed by atoms with van der Waals surface area (Å²) in [4.78, 5) is 17.9. The molecule has 0 aliphatic rings. The minimum atomic E-state index is -0.0249. The summed E-state index contributed by atoms with van der Waals surface area (Å²) < 4.78 is 5.45. The second-order valence-electron chi connectivity index (χ2n) is 4.85. The van der Waals surface area contributed by atoms with Crippen molar-refractivity contribution in [2.24, 2.45) is 0 Å². The third-order valence-electron chi connectivity index (χ3n) is 2.61. The van der Waals surface area contributed by atoms with Crippen molar-refractivity contribution in [1.29, 1.82) is 0 Å². The molecule has 0 fully saturated rings. The van der Waals surface area contributed by atoms with Crippen molar-refractivity contribution >= 4 is 23.2 Å². The zero-order valence-electron chi connectivity index (χ0n) is 12.6. The minimum Gasteiger partial charge on any atom is -0.461 e. The molecule has 2 aromatic heterocycles. The average molecular weight is 308 g/mol. The van der Waals surface area contributed by atoms with Gasteiger partial charge in [0, 0.05) is 11.1 Å². The number of thiazole rings is 1. The van der Waals surface area contributed by atoms with Gasteiger partial charge in [-0.2, -0.15) is 15.0 Å². The Bertz CT molecular complexity index is 600. The highest BCUT2D eigenvalue weighted by molar-refractivity contribution is 7.11. The van der Waals surface area contributed by atoms with Crippen LogP contribution in [0.1, 0.15) is 43.6 Å². The summed E-state index contributed by atoms with van der Waals surface area (Å²) in [7, 11) is 0. The van der Waals surface area contributed by atoms with Gasteiger partial charge in [0.2, 0.25) is 11.9 Å². The molecule has 0 saturated heterocycles. The van der Waals surface area contributed by atoms with E-state index in [1.807, 2.05) is 27.0 Å². The molecule has 1 atom stereocenters. The van der Waals surface area contributed by atoms with E-state index in [0.717, 1.165) is 11.4 Å². The van der Waals surface area contributed by atoms with E-state index in [-0.39, 0.29) is 24.1 Å². The molecule has 0 aliphatic heterocycles. The topological polar surface area (TPSA) is 98.8 Å². The molecule has 8 heteroatoms. The average Bonchev–Trinajstić information content (AvgIpc) is 2.85. The second kappa shape index (κ2) is 6.66. The molecule has 21 heavy (non-hydrogen) atoms. The van der Waals surface area contributed by atoms with Crippen LogP contribution < -0.4 is 15.8 Å². The van der Waals surface area contributed by atoms with E-state index in [1.165, 1.54) is 4.88 Å². The molecule has 0 amide bonds. The van der Waals surface area contributed by atoms with Crippen LogP contribution in [-0.4, -0.2) is 26.0 Å². The standard InChI is InChI=1S/C13H20N6OS/c1-5-9-6-15-10(21-9)8(4)16-12-17-11(14)18-13(19-12)20-7(2)3/h6-8H,5H2,1-4H3,(H3,14,16,17,18,19). The van der Waals surface area contributed by atoms with Crippen LogP contribution in [0.15, 0.2) is 6.20 Å². The van der Waals surface area contributed by atoms with Gasteiger partial charge in [-0.1, -0.05) is 6.92 Å². The number of nitrogens with one attached hydrogen (secondary N) is 1. The minimum absolute atomic E-state index is 0.0102. The van der Waals surface area contributed by atoms with Crippen LogP contribution in [-0.2, 0) is 6.42 Å². The number of hydrogen-bond donors (Lipinski definition) is 2. The van der Waals surface area contributed by atoms with Gasteiger partial charge in [0.25, 0.3) is 0 Å². The summed E-state index contributed by atoms with van der Waals surface area (Å²) >= 11 is 1.67. The van der Waals surface area contributed by atoms with E-state index >= 15 is 0 Å². The molecule has 0 saturated carbocycles. The predicted molar refractivity (Wildman–Crippen MR) is 83.5 cm³/mol. The fourth-order valence-electron chi connectivity index (χ4n) is 1.64. The van der Waals surface area contributed by atoms with Crippen LogP contribution in [0.25, 0.3) is 0 Å². The number of ether oxygens (including phenoxy) is 1. The first-order valence-corrected chi connectivity index (χ1v) is 7.69. The summed E-state index contributed by atoms with van der Waals surface area (Å²) in [5.74, 6) is 0.516. The van der Waals surface area contributed by atoms with Crippen LogP contribution in [0.2, 0.25) is 0 Å². The lowest BCUT2D eigenvalue weighted by molar-refractivity contribution is 0.222. The van der Waals surface area contributed by atoms with Crippen molar-refractivity contribution in [3.05, 3.63) is 16.1 Å². The zero-order valence-corrected chi connectivity index (χ0v) is 13.4. The van der Waals surface area contributed by atoms with Crippen molar-refractivity contribution in [2.45, 2.75) is 46.3 Å². The van der Waals surface area contributed by atoms with Gasteiger partial charge in [-0.05, 0) is 27.2 Å². The Balaban J connectivity index is 2.12.